The summed E-state index contributed by atoms with van der Waals surface area (Å²) in [5, 5.41) is 5.06. The van der Waals surface area contributed by atoms with Gasteiger partial charge in [-0.05, 0) is 108 Å². The molecule has 16 heteroatoms. The second-order valence-corrected chi connectivity index (χ2v) is 17.5. The summed E-state index contributed by atoms with van der Waals surface area (Å²) in [7, 11) is 1.70. The Morgan fingerprint density at radius 1 is 1.00 bits per heavy atom. The van der Waals surface area contributed by atoms with Gasteiger partial charge in [-0.1, -0.05) is 6.07 Å². The molecule has 14 nitrogen and oxygen atoms in total. The normalized spacial score (nSPS) is 25.2. The molecule has 4 aromatic heterocycles. The monoisotopic (exact) mass is 824 g/mol. The van der Waals surface area contributed by atoms with Gasteiger partial charge in [0, 0.05) is 57.0 Å². The fraction of sp³-hybridized carbons (Fsp3) is 0.500. The van der Waals surface area contributed by atoms with Crippen LogP contribution < -0.4 is 26.6 Å². The van der Waals surface area contributed by atoms with Gasteiger partial charge in [-0.2, -0.15) is 0 Å². The molecule has 1 aromatic carbocycles. The lowest BCUT2D eigenvalue weighted by atomic mass is 9.78. The number of imidazole rings is 2. The zero-order valence-corrected chi connectivity index (χ0v) is 34.0. The van der Waals surface area contributed by atoms with Gasteiger partial charge in [0.25, 0.3) is 11.5 Å². The Morgan fingerprint density at radius 2 is 1.75 bits per heavy atom. The lowest BCUT2D eigenvalue weighted by molar-refractivity contribution is -0.135. The smallest absolute Gasteiger partial charge is 0.329 e. The molecule has 0 radical (unpaired) electrons. The molecule has 4 fully saturated rings. The Balaban J connectivity index is 0.829. The molecule has 316 valence electrons. The fourth-order valence-electron chi connectivity index (χ4n) is 9.53. The van der Waals surface area contributed by atoms with Crippen LogP contribution in [0.25, 0.3) is 16.7 Å². The van der Waals surface area contributed by atoms with E-state index in [0.29, 0.717) is 49.1 Å². The van der Waals surface area contributed by atoms with Crippen LogP contribution in [0.15, 0.2) is 64.6 Å². The maximum Gasteiger partial charge on any atom is 0.329 e. The van der Waals surface area contributed by atoms with Crippen molar-refractivity contribution in [3.8, 4) is 5.75 Å². The third-order valence-corrected chi connectivity index (χ3v) is 12.9. The van der Waals surface area contributed by atoms with Gasteiger partial charge >= 0.3 is 5.69 Å². The Morgan fingerprint density at radius 3 is 2.45 bits per heavy atom. The first-order valence-electron chi connectivity index (χ1n) is 21.1. The minimum absolute atomic E-state index is 0.0477. The second-order valence-electron chi connectivity index (χ2n) is 17.5. The Bertz CT molecular complexity index is 2630. The van der Waals surface area contributed by atoms with Crippen LogP contribution in [0.5, 0.6) is 5.75 Å². The molecule has 1 unspecified atom stereocenters. The highest BCUT2D eigenvalue weighted by Crippen LogP contribution is 2.42. The van der Waals surface area contributed by atoms with Crippen LogP contribution in [0, 0.1) is 0 Å². The molecule has 2 N–H and O–H groups in total. The summed E-state index contributed by atoms with van der Waals surface area (Å²) in [5.41, 5.74) is 2.13. The largest absolute Gasteiger partial charge is 0.490 e. The number of amides is 3. The predicted molar refractivity (Wildman–Crippen MR) is 220 cm³/mol. The number of rotatable bonds is 10. The van der Waals surface area contributed by atoms with E-state index in [9.17, 15) is 28.4 Å². The predicted octanol–water partition coefficient (Wildman–Crippen LogP) is 5.70. The Hall–Kier alpha value is -5.64. The van der Waals surface area contributed by atoms with E-state index in [-0.39, 0.29) is 60.1 Å². The van der Waals surface area contributed by atoms with E-state index in [4.69, 9.17) is 9.72 Å². The van der Waals surface area contributed by atoms with Crippen molar-refractivity contribution in [1.82, 2.24) is 33.3 Å². The SMILES string of the molecule is CC(C)Oc1cc2nc(C3CCC(F)(CN4CCC(c5ccc6c(c5)n(C)c(=O)n6C5CCC(=O)NC5=O)CC4)CC3)cn2cc1C(=O)Nc1cccn([C@H]2C[C@H]2F)c1=O. The standard InChI is InChI=1S/C44H50F2N8O6/c1-25(2)60-37-21-38-47-32(23-52(38)22-29(37)40(56)48-31-5-4-16-53(42(31)58)35-20-30(35)45)27-10-14-44(46,15-11-27)24-51-17-12-26(13-18-51)28-6-7-33-36(19-28)50(3)43(59)54(33)34-8-9-39(55)49-41(34)57/h4-7,16,19,21-23,25-27,30,34-35H,8-15,17-18,20,24H2,1-3H3,(H,48,56)(H,49,55,57)/t27?,30-,34?,35+,44?/m1/s1. The van der Waals surface area contributed by atoms with Gasteiger partial charge in [-0.25, -0.2) is 18.6 Å². The summed E-state index contributed by atoms with van der Waals surface area (Å²) in [6, 6.07) is 9.54. The first-order valence-corrected chi connectivity index (χ1v) is 21.1. The summed E-state index contributed by atoms with van der Waals surface area (Å²) < 4.78 is 42.4. The number of pyridine rings is 2. The van der Waals surface area contributed by atoms with Crippen LogP contribution in [0.2, 0.25) is 0 Å². The highest BCUT2D eigenvalue weighted by molar-refractivity contribution is 6.06. The summed E-state index contributed by atoms with van der Waals surface area (Å²) in [4.78, 5) is 71.4. The van der Waals surface area contributed by atoms with Crippen LogP contribution >= 0.6 is 0 Å². The number of piperidine rings is 2. The summed E-state index contributed by atoms with van der Waals surface area (Å²) >= 11 is 0. The molecule has 2 saturated heterocycles. The van der Waals surface area contributed by atoms with Crippen molar-refractivity contribution in [3.05, 3.63) is 92.6 Å². The summed E-state index contributed by atoms with van der Waals surface area (Å²) in [6.45, 7) is 5.60. The Kier molecular flexibility index (Phi) is 10.2. The van der Waals surface area contributed by atoms with Crippen LogP contribution in [0.3, 0.4) is 0 Å². The average Bonchev–Trinajstić information content (AvgIpc) is 3.71. The molecule has 3 amide bonds. The van der Waals surface area contributed by atoms with E-state index >= 15 is 4.39 Å². The number of hydrogen-bond acceptors (Lipinski definition) is 8. The van der Waals surface area contributed by atoms with Gasteiger partial charge in [-0.15, -0.1) is 0 Å². The molecular weight excluding hydrogens is 775 g/mol. The van der Waals surface area contributed by atoms with E-state index in [1.807, 2.05) is 38.2 Å². The number of aromatic nitrogens is 5. The second kappa shape index (κ2) is 15.4. The fourth-order valence-corrected chi connectivity index (χ4v) is 9.53. The number of ether oxygens (including phenoxy) is 1. The zero-order valence-electron chi connectivity index (χ0n) is 34.0. The van der Waals surface area contributed by atoms with Gasteiger partial charge < -0.3 is 23.9 Å². The number of imide groups is 1. The lowest BCUT2D eigenvalue weighted by Crippen LogP contribution is -2.45. The molecule has 0 spiro atoms. The number of likely N-dealkylation sites (tertiary alicyclic amines) is 1. The topological polar surface area (TPSA) is 154 Å². The van der Waals surface area contributed by atoms with Crippen molar-refractivity contribution in [3.63, 3.8) is 0 Å². The van der Waals surface area contributed by atoms with Crippen LogP contribution in [0.1, 0.15) is 117 Å². The number of hydrogen-bond donors (Lipinski definition) is 2. The molecule has 6 heterocycles. The number of halogens is 2. The van der Waals surface area contributed by atoms with Crippen LogP contribution in [0.4, 0.5) is 14.5 Å². The number of aryl methyl sites for hydroxylation is 1. The number of anilines is 1. The molecular formula is C44H50F2N8O6. The van der Waals surface area contributed by atoms with Gasteiger partial charge in [0.05, 0.1) is 34.4 Å². The van der Waals surface area contributed by atoms with Crippen molar-refractivity contribution in [2.75, 3.05) is 25.0 Å². The first kappa shape index (κ1) is 39.8. The van der Waals surface area contributed by atoms with Gasteiger partial charge in [0.2, 0.25) is 11.8 Å². The lowest BCUT2D eigenvalue weighted by Gasteiger charge is -2.40. The molecule has 4 aliphatic rings. The summed E-state index contributed by atoms with van der Waals surface area (Å²) in [5.74, 6) is -0.695. The molecule has 3 atom stereocenters. The zero-order chi connectivity index (χ0) is 42.0. The quantitative estimate of drug-likeness (QED) is 0.170. The molecule has 60 heavy (non-hydrogen) atoms. The number of nitrogens with one attached hydrogen (secondary N) is 2. The number of carbonyl (C=O) groups excluding carboxylic acids is 3. The van der Waals surface area contributed by atoms with Crippen molar-refractivity contribution in [2.24, 2.45) is 7.05 Å². The van der Waals surface area contributed by atoms with Crippen molar-refractivity contribution >= 4 is 40.1 Å². The highest BCUT2D eigenvalue weighted by Gasteiger charge is 2.41. The number of fused-ring (bicyclic) bond motifs is 2. The van der Waals surface area contributed by atoms with Crippen molar-refractivity contribution < 1.29 is 27.9 Å². The number of alkyl halides is 2. The third-order valence-electron chi connectivity index (χ3n) is 12.9. The molecule has 2 aliphatic carbocycles. The van der Waals surface area contributed by atoms with Crippen LogP contribution in [-0.4, -0.2) is 83.3 Å². The minimum atomic E-state index is -1.32. The maximum atomic E-state index is 16.5. The summed E-state index contributed by atoms with van der Waals surface area (Å²) in [6.07, 6.45) is 8.30. The first-order chi connectivity index (χ1) is 28.7. The molecule has 2 aliphatic heterocycles. The van der Waals surface area contributed by atoms with Gasteiger partial charge in [0.1, 0.15) is 35.0 Å². The van der Waals surface area contributed by atoms with Crippen molar-refractivity contribution in [1.29, 1.82) is 0 Å². The number of nitrogens with zero attached hydrogens (tertiary/aromatic N) is 6. The van der Waals surface area contributed by atoms with Crippen molar-refractivity contribution in [2.45, 2.75) is 113 Å². The number of benzene rings is 1. The van der Waals surface area contributed by atoms with Gasteiger partial charge in [-0.3, -0.25) is 33.6 Å². The van der Waals surface area contributed by atoms with E-state index < -0.39 is 41.3 Å². The van der Waals surface area contributed by atoms with Crippen LogP contribution in [-0.2, 0) is 16.6 Å². The molecule has 9 rings (SSSR count). The molecule has 0 bridgehead atoms. The highest BCUT2D eigenvalue weighted by atomic mass is 19.1. The van der Waals surface area contributed by atoms with E-state index in [0.717, 1.165) is 42.7 Å². The minimum Gasteiger partial charge on any atom is -0.490 e. The van der Waals surface area contributed by atoms with E-state index in [1.165, 1.54) is 21.4 Å². The third kappa shape index (κ3) is 7.54. The average molecular weight is 825 g/mol. The number of carbonyl (C=O) groups is 3. The van der Waals surface area contributed by atoms with E-state index in [2.05, 4.69) is 15.5 Å². The maximum absolute atomic E-state index is 16.5. The van der Waals surface area contributed by atoms with Gasteiger partial charge in [0.15, 0.2) is 0 Å². The Labute approximate surface area is 344 Å². The molecule has 5 aromatic rings. The van der Waals surface area contributed by atoms with E-state index in [1.54, 1.807) is 34.3 Å². The molecule has 2 saturated carbocycles.